The molecule has 3 nitrogen and oxygen atoms in total. The molecule has 0 radical (unpaired) electrons. The molecule has 1 atom stereocenters. The fourth-order valence-corrected chi connectivity index (χ4v) is 5.22. The number of likely N-dealkylation sites (N-methyl/N-ethyl adjacent to an activating group) is 1. The van der Waals surface area contributed by atoms with Crippen molar-refractivity contribution in [3.05, 3.63) is 66.2 Å². The minimum atomic E-state index is -0.581. The average Bonchev–Trinajstić information content (AvgIpc) is 2.79. The molecule has 1 saturated heterocycles. The summed E-state index contributed by atoms with van der Waals surface area (Å²) in [7, 11) is 2.20. The van der Waals surface area contributed by atoms with Crippen LogP contribution in [0.2, 0.25) is 0 Å². The van der Waals surface area contributed by atoms with Gasteiger partial charge in [-0.15, -0.1) is 0 Å². The van der Waals surface area contributed by atoms with Gasteiger partial charge in [-0.1, -0.05) is 80.4 Å². The smallest absolute Gasteiger partial charge is 0.0728 e. The van der Waals surface area contributed by atoms with Gasteiger partial charge >= 0.3 is 0 Å². The van der Waals surface area contributed by atoms with Crippen molar-refractivity contribution >= 4 is 6.08 Å². The van der Waals surface area contributed by atoms with E-state index in [2.05, 4.69) is 72.0 Å². The van der Waals surface area contributed by atoms with Crippen LogP contribution >= 0.6 is 0 Å². The van der Waals surface area contributed by atoms with Gasteiger partial charge in [-0.3, -0.25) is 0 Å². The Labute approximate surface area is 182 Å². The number of hydrogen-bond acceptors (Lipinski definition) is 3. The van der Waals surface area contributed by atoms with Crippen molar-refractivity contribution in [3.8, 4) is 11.1 Å². The van der Waals surface area contributed by atoms with E-state index in [0.717, 1.165) is 64.0 Å². The highest BCUT2D eigenvalue weighted by Crippen LogP contribution is 2.41. The van der Waals surface area contributed by atoms with E-state index in [1.165, 1.54) is 23.1 Å². The van der Waals surface area contributed by atoms with Crippen LogP contribution in [0, 0.1) is 0 Å². The molecule has 0 amide bonds. The summed E-state index contributed by atoms with van der Waals surface area (Å²) in [6.07, 6.45) is 7.30. The summed E-state index contributed by atoms with van der Waals surface area (Å²) in [6, 6.07) is 17.4. The number of hydrogen-bond donors (Lipinski definition) is 1. The minimum Gasteiger partial charge on any atom is -0.389 e. The first-order valence-electron chi connectivity index (χ1n) is 11.5. The lowest BCUT2D eigenvalue weighted by Crippen LogP contribution is -2.50. The molecule has 30 heavy (non-hydrogen) atoms. The molecule has 4 rings (SSSR count). The van der Waals surface area contributed by atoms with Crippen molar-refractivity contribution in [3.63, 3.8) is 0 Å². The molecule has 2 aromatic carbocycles. The van der Waals surface area contributed by atoms with Gasteiger partial charge < -0.3 is 14.9 Å². The summed E-state index contributed by atoms with van der Waals surface area (Å²) in [6.45, 7) is 9.32. The van der Waals surface area contributed by atoms with Crippen LogP contribution in [0.1, 0.15) is 49.1 Å². The molecule has 1 unspecified atom stereocenters. The molecule has 0 spiro atoms. The lowest BCUT2D eigenvalue weighted by molar-refractivity contribution is -0.0337. The maximum absolute atomic E-state index is 11.7. The van der Waals surface area contributed by atoms with E-state index in [1.54, 1.807) is 0 Å². The Bertz CT molecular complexity index is 830. The van der Waals surface area contributed by atoms with Crippen LogP contribution in [0.15, 0.2) is 55.1 Å². The van der Waals surface area contributed by atoms with Gasteiger partial charge in [0.15, 0.2) is 0 Å². The highest BCUT2D eigenvalue weighted by molar-refractivity contribution is 5.74. The molecule has 0 bridgehead atoms. The number of rotatable bonds is 6. The molecule has 2 aromatic rings. The minimum absolute atomic E-state index is 0.171. The molecule has 0 aromatic heterocycles. The molecule has 3 heteroatoms. The van der Waals surface area contributed by atoms with Crippen LogP contribution in [-0.2, 0) is 0 Å². The van der Waals surface area contributed by atoms with Gasteiger partial charge in [0.25, 0.3) is 0 Å². The van der Waals surface area contributed by atoms with Crippen molar-refractivity contribution in [1.29, 1.82) is 0 Å². The topological polar surface area (TPSA) is 26.7 Å². The summed E-state index contributed by atoms with van der Waals surface area (Å²) in [4.78, 5) is 4.95. The Balaban J connectivity index is 1.60. The Kier molecular flexibility index (Phi) is 6.72. The highest BCUT2D eigenvalue weighted by atomic mass is 16.3. The van der Waals surface area contributed by atoms with Gasteiger partial charge in [-0.25, -0.2) is 0 Å². The van der Waals surface area contributed by atoms with Gasteiger partial charge in [0.1, 0.15) is 0 Å². The van der Waals surface area contributed by atoms with E-state index in [-0.39, 0.29) is 5.92 Å². The summed E-state index contributed by atoms with van der Waals surface area (Å²) in [5, 5.41) is 11.7. The van der Waals surface area contributed by atoms with Crippen LogP contribution in [-0.4, -0.2) is 60.3 Å². The fourth-order valence-electron chi connectivity index (χ4n) is 5.22. The number of aliphatic hydroxyl groups is 1. The molecule has 2 fully saturated rings. The zero-order valence-corrected chi connectivity index (χ0v) is 18.4. The quantitative estimate of drug-likeness (QED) is 0.732. The van der Waals surface area contributed by atoms with E-state index in [0.29, 0.717) is 0 Å². The Morgan fingerprint density at radius 2 is 1.63 bits per heavy atom. The van der Waals surface area contributed by atoms with Crippen molar-refractivity contribution in [2.45, 2.75) is 43.6 Å². The fraction of sp³-hybridized carbons (Fsp3) is 0.481. The third-order valence-corrected chi connectivity index (χ3v) is 7.21. The molecule has 2 aliphatic rings. The molecule has 1 saturated carbocycles. The van der Waals surface area contributed by atoms with Crippen LogP contribution in [0.3, 0.4) is 0 Å². The largest absolute Gasteiger partial charge is 0.389 e. The monoisotopic (exact) mass is 404 g/mol. The third-order valence-electron chi connectivity index (χ3n) is 7.21. The first kappa shape index (κ1) is 21.3. The van der Waals surface area contributed by atoms with Gasteiger partial charge in [-0.2, -0.15) is 0 Å². The predicted molar refractivity (Wildman–Crippen MR) is 127 cm³/mol. The maximum Gasteiger partial charge on any atom is 0.0728 e. The first-order valence-corrected chi connectivity index (χ1v) is 11.5. The normalized spacial score (nSPS) is 21.3. The Morgan fingerprint density at radius 3 is 2.30 bits per heavy atom. The van der Waals surface area contributed by atoms with E-state index >= 15 is 0 Å². The van der Waals surface area contributed by atoms with Crippen molar-refractivity contribution < 1.29 is 5.11 Å². The SMILES string of the molecule is C=Cc1ccccc1-c1ccc(C(CN2CCN(C)CC2)C2(O)CCCCC2)cc1. The van der Waals surface area contributed by atoms with Crippen LogP contribution in [0.25, 0.3) is 17.2 Å². The Hall–Kier alpha value is -1.94. The van der Waals surface area contributed by atoms with Crippen molar-refractivity contribution in [2.75, 3.05) is 39.8 Å². The van der Waals surface area contributed by atoms with Crippen molar-refractivity contribution in [1.82, 2.24) is 9.80 Å². The second-order valence-electron chi connectivity index (χ2n) is 9.23. The van der Waals surface area contributed by atoms with Gasteiger partial charge in [0.2, 0.25) is 0 Å². The average molecular weight is 405 g/mol. The maximum atomic E-state index is 11.7. The van der Waals surface area contributed by atoms with Gasteiger partial charge in [-0.05, 0) is 42.1 Å². The second kappa shape index (κ2) is 9.47. The van der Waals surface area contributed by atoms with E-state index in [1.807, 2.05) is 6.08 Å². The van der Waals surface area contributed by atoms with E-state index < -0.39 is 5.60 Å². The van der Waals surface area contributed by atoms with E-state index in [4.69, 9.17) is 0 Å². The Morgan fingerprint density at radius 1 is 0.967 bits per heavy atom. The van der Waals surface area contributed by atoms with Gasteiger partial charge in [0, 0.05) is 38.6 Å². The zero-order valence-electron chi connectivity index (χ0n) is 18.4. The summed E-state index contributed by atoms with van der Waals surface area (Å²) in [5.74, 6) is 0.171. The molecule has 1 heterocycles. The molecule has 1 aliphatic heterocycles. The van der Waals surface area contributed by atoms with Gasteiger partial charge in [0.05, 0.1) is 5.60 Å². The molecule has 1 N–H and O–H groups in total. The lowest BCUT2D eigenvalue weighted by Gasteiger charge is -2.43. The number of piperazine rings is 1. The van der Waals surface area contributed by atoms with E-state index in [9.17, 15) is 5.11 Å². The molecule has 160 valence electrons. The first-order chi connectivity index (χ1) is 14.6. The predicted octanol–water partition coefficient (Wildman–Crippen LogP) is 5.02. The number of nitrogens with zero attached hydrogens (tertiary/aromatic N) is 2. The summed E-state index contributed by atoms with van der Waals surface area (Å²) in [5.41, 5.74) is 4.28. The second-order valence-corrected chi connectivity index (χ2v) is 9.23. The summed E-state index contributed by atoms with van der Waals surface area (Å²) < 4.78 is 0. The molecular weight excluding hydrogens is 368 g/mol. The third kappa shape index (κ3) is 4.69. The van der Waals surface area contributed by atoms with Crippen LogP contribution < -0.4 is 0 Å². The standard InChI is InChI=1S/C27H36N2O/c1-3-22-9-5-6-10-25(22)23-11-13-24(14-12-23)26(27(30)15-7-4-8-16-27)21-29-19-17-28(2)18-20-29/h3,5-6,9-14,26,30H,1,4,7-8,15-21H2,2H3. The number of benzene rings is 2. The molecular formula is C27H36N2O. The van der Waals surface area contributed by atoms with Crippen LogP contribution in [0.5, 0.6) is 0 Å². The summed E-state index contributed by atoms with van der Waals surface area (Å²) >= 11 is 0. The molecule has 1 aliphatic carbocycles. The lowest BCUT2D eigenvalue weighted by atomic mass is 9.72. The zero-order chi connectivity index (χ0) is 21.0. The van der Waals surface area contributed by atoms with Crippen LogP contribution in [0.4, 0.5) is 0 Å². The van der Waals surface area contributed by atoms with Crippen molar-refractivity contribution in [2.24, 2.45) is 0 Å². The highest BCUT2D eigenvalue weighted by Gasteiger charge is 2.39.